The maximum absolute atomic E-state index is 12.4. The van der Waals surface area contributed by atoms with Crippen LogP contribution in [-0.4, -0.2) is 56.2 Å². The number of morpholine rings is 1. The Bertz CT molecular complexity index is 693. The zero-order chi connectivity index (χ0) is 18.9. The second-order valence-electron chi connectivity index (χ2n) is 6.87. The molecule has 5 heteroatoms. The summed E-state index contributed by atoms with van der Waals surface area (Å²) in [6.45, 7) is 7.17. The fourth-order valence-corrected chi connectivity index (χ4v) is 3.37. The average molecular weight is 367 g/mol. The van der Waals surface area contributed by atoms with E-state index < -0.39 is 0 Å². The molecule has 0 bridgehead atoms. The molecule has 1 aliphatic heterocycles. The summed E-state index contributed by atoms with van der Waals surface area (Å²) >= 11 is 0. The minimum atomic E-state index is 0.0319. The Morgan fingerprint density at radius 2 is 1.85 bits per heavy atom. The van der Waals surface area contributed by atoms with Crippen LogP contribution in [0.1, 0.15) is 12.5 Å². The van der Waals surface area contributed by atoms with Gasteiger partial charge in [-0.15, -0.1) is 0 Å². The molecule has 0 spiro atoms. The molecule has 27 heavy (non-hydrogen) atoms. The van der Waals surface area contributed by atoms with Crippen LogP contribution in [0.5, 0.6) is 0 Å². The van der Waals surface area contributed by atoms with E-state index in [-0.39, 0.29) is 12.0 Å². The molecule has 1 saturated heterocycles. The molecule has 2 aromatic carbocycles. The van der Waals surface area contributed by atoms with Crippen LogP contribution < -0.4 is 10.2 Å². The molecule has 1 atom stereocenters. The molecule has 0 aliphatic carbocycles. The van der Waals surface area contributed by atoms with Crippen molar-refractivity contribution in [3.8, 4) is 0 Å². The molecule has 1 unspecified atom stereocenters. The summed E-state index contributed by atoms with van der Waals surface area (Å²) in [5.41, 5.74) is 2.38. The maximum Gasteiger partial charge on any atom is 0.239 e. The van der Waals surface area contributed by atoms with Gasteiger partial charge in [0.2, 0.25) is 5.91 Å². The molecular formula is C22H29N3O2. The van der Waals surface area contributed by atoms with E-state index in [0.717, 1.165) is 31.9 Å². The maximum atomic E-state index is 12.4. The van der Waals surface area contributed by atoms with Crippen molar-refractivity contribution >= 4 is 11.6 Å². The molecule has 0 saturated carbocycles. The van der Waals surface area contributed by atoms with Crippen molar-refractivity contribution < 1.29 is 9.53 Å². The standard InChI is InChI=1S/C22H29N3O2/c1-2-25(20-11-7-4-8-12-20)18-22(26)23-15-21-17-24(13-14-27-21)16-19-9-5-3-6-10-19/h3-12,21H,2,13-18H2,1H3,(H,23,26). The van der Waals surface area contributed by atoms with E-state index in [1.54, 1.807) is 0 Å². The molecule has 3 rings (SSSR count). The minimum absolute atomic E-state index is 0.0319. The van der Waals surface area contributed by atoms with Crippen LogP contribution in [0.25, 0.3) is 0 Å². The van der Waals surface area contributed by atoms with Crippen LogP contribution in [-0.2, 0) is 16.1 Å². The number of rotatable bonds is 8. The molecule has 1 N–H and O–H groups in total. The number of benzene rings is 2. The number of likely N-dealkylation sites (N-methyl/N-ethyl adjacent to an activating group) is 1. The van der Waals surface area contributed by atoms with Crippen LogP contribution in [0, 0.1) is 0 Å². The van der Waals surface area contributed by atoms with Crippen molar-refractivity contribution in [2.24, 2.45) is 0 Å². The molecule has 1 fully saturated rings. The quantitative estimate of drug-likeness (QED) is 0.779. The lowest BCUT2D eigenvalue weighted by Gasteiger charge is -2.33. The first-order valence-electron chi connectivity index (χ1n) is 9.69. The number of hydrogen-bond acceptors (Lipinski definition) is 4. The van der Waals surface area contributed by atoms with Crippen LogP contribution in [0.2, 0.25) is 0 Å². The summed E-state index contributed by atoms with van der Waals surface area (Å²) in [5, 5.41) is 3.04. The van der Waals surface area contributed by atoms with Crippen molar-refractivity contribution in [2.45, 2.75) is 19.6 Å². The fraction of sp³-hybridized carbons (Fsp3) is 0.409. The van der Waals surface area contributed by atoms with Gasteiger partial charge in [-0.3, -0.25) is 9.69 Å². The molecule has 0 aromatic heterocycles. The SMILES string of the molecule is CCN(CC(=O)NCC1CN(Cc2ccccc2)CCO1)c1ccccc1. The Kier molecular flexibility index (Phi) is 7.25. The second kappa shape index (κ2) is 10.1. The first-order valence-corrected chi connectivity index (χ1v) is 9.69. The van der Waals surface area contributed by atoms with Crippen molar-refractivity contribution in [3.05, 3.63) is 66.2 Å². The number of carbonyl (C=O) groups is 1. The lowest BCUT2D eigenvalue weighted by Crippen LogP contribution is -2.48. The van der Waals surface area contributed by atoms with E-state index >= 15 is 0 Å². The summed E-state index contributed by atoms with van der Waals surface area (Å²) in [7, 11) is 0. The number of nitrogens with one attached hydrogen (secondary N) is 1. The number of ether oxygens (including phenoxy) is 1. The number of amides is 1. The van der Waals surface area contributed by atoms with Gasteiger partial charge in [0.15, 0.2) is 0 Å². The van der Waals surface area contributed by atoms with Crippen molar-refractivity contribution in [1.29, 1.82) is 0 Å². The monoisotopic (exact) mass is 367 g/mol. The zero-order valence-electron chi connectivity index (χ0n) is 16.0. The van der Waals surface area contributed by atoms with Crippen molar-refractivity contribution in [3.63, 3.8) is 0 Å². The van der Waals surface area contributed by atoms with Crippen molar-refractivity contribution in [2.75, 3.05) is 44.2 Å². The Labute approximate surface area is 161 Å². The molecule has 1 aliphatic rings. The third kappa shape index (κ3) is 6.08. The topological polar surface area (TPSA) is 44.8 Å². The average Bonchev–Trinajstić information content (AvgIpc) is 2.72. The number of carbonyl (C=O) groups excluding carboxylic acids is 1. The number of hydrogen-bond donors (Lipinski definition) is 1. The van der Waals surface area contributed by atoms with E-state index in [1.165, 1.54) is 5.56 Å². The summed E-state index contributed by atoms with van der Waals surface area (Å²) in [6, 6.07) is 20.5. The van der Waals surface area contributed by atoms with Gasteiger partial charge in [0.05, 0.1) is 19.3 Å². The third-order valence-corrected chi connectivity index (χ3v) is 4.84. The largest absolute Gasteiger partial charge is 0.374 e. The van der Waals surface area contributed by atoms with Crippen LogP contribution >= 0.6 is 0 Å². The van der Waals surface area contributed by atoms with Crippen molar-refractivity contribution in [1.82, 2.24) is 10.2 Å². The van der Waals surface area contributed by atoms with Gasteiger partial charge in [-0.1, -0.05) is 48.5 Å². The van der Waals surface area contributed by atoms with Crippen LogP contribution in [0.15, 0.2) is 60.7 Å². The first kappa shape index (κ1) is 19.4. The summed E-state index contributed by atoms with van der Waals surface area (Å²) in [6.07, 6.45) is 0.0400. The van der Waals surface area contributed by atoms with E-state index in [1.807, 2.05) is 36.4 Å². The highest BCUT2D eigenvalue weighted by atomic mass is 16.5. The minimum Gasteiger partial charge on any atom is -0.374 e. The Morgan fingerprint density at radius 1 is 1.15 bits per heavy atom. The number of nitrogens with zero attached hydrogens (tertiary/aromatic N) is 2. The molecule has 0 radical (unpaired) electrons. The second-order valence-corrected chi connectivity index (χ2v) is 6.87. The van der Waals surface area contributed by atoms with Gasteiger partial charge in [0.1, 0.15) is 0 Å². The number of anilines is 1. The van der Waals surface area contributed by atoms with Gasteiger partial charge in [-0.2, -0.15) is 0 Å². The lowest BCUT2D eigenvalue weighted by molar-refractivity contribution is -0.121. The molecule has 1 heterocycles. The highest BCUT2D eigenvalue weighted by molar-refractivity contribution is 5.81. The zero-order valence-corrected chi connectivity index (χ0v) is 16.0. The number of para-hydroxylation sites is 1. The van der Waals surface area contributed by atoms with E-state index in [9.17, 15) is 4.79 Å². The predicted molar refractivity (Wildman–Crippen MR) is 109 cm³/mol. The van der Waals surface area contributed by atoms with Gasteiger partial charge in [0, 0.05) is 38.4 Å². The van der Waals surface area contributed by atoms with Gasteiger partial charge in [-0.25, -0.2) is 0 Å². The van der Waals surface area contributed by atoms with Gasteiger partial charge >= 0.3 is 0 Å². The van der Waals surface area contributed by atoms with E-state index in [0.29, 0.717) is 19.7 Å². The van der Waals surface area contributed by atoms with Gasteiger partial charge in [0.25, 0.3) is 0 Å². The van der Waals surface area contributed by atoms with E-state index in [2.05, 4.69) is 46.3 Å². The summed E-state index contributed by atoms with van der Waals surface area (Å²) in [5.74, 6) is 0.0319. The first-order chi connectivity index (χ1) is 13.2. The molecule has 144 valence electrons. The van der Waals surface area contributed by atoms with Gasteiger partial charge in [-0.05, 0) is 24.6 Å². The third-order valence-electron chi connectivity index (χ3n) is 4.84. The fourth-order valence-electron chi connectivity index (χ4n) is 3.37. The summed E-state index contributed by atoms with van der Waals surface area (Å²) < 4.78 is 5.84. The van der Waals surface area contributed by atoms with Gasteiger partial charge < -0.3 is 15.0 Å². The van der Waals surface area contributed by atoms with Crippen LogP contribution in [0.4, 0.5) is 5.69 Å². The Morgan fingerprint density at radius 3 is 2.56 bits per heavy atom. The lowest BCUT2D eigenvalue weighted by atomic mass is 10.2. The molecule has 1 amide bonds. The molecule has 2 aromatic rings. The summed E-state index contributed by atoms with van der Waals surface area (Å²) in [4.78, 5) is 16.8. The smallest absolute Gasteiger partial charge is 0.239 e. The van der Waals surface area contributed by atoms with E-state index in [4.69, 9.17) is 4.74 Å². The highest BCUT2D eigenvalue weighted by Gasteiger charge is 2.21. The molecular weight excluding hydrogens is 338 g/mol. The predicted octanol–water partition coefficient (Wildman–Crippen LogP) is 2.53. The Balaban J connectivity index is 1.44. The Hall–Kier alpha value is -2.37. The molecule has 5 nitrogen and oxygen atoms in total. The highest BCUT2D eigenvalue weighted by Crippen LogP contribution is 2.12. The van der Waals surface area contributed by atoms with Crippen LogP contribution in [0.3, 0.4) is 0 Å². The normalized spacial score (nSPS) is 17.4.